The molecule has 2 atom stereocenters. The Bertz CT molecular complexity index is 433. The van der Waals surface area contributed by atoms with Crippen LogP contribution in [0.1, 0.15) is 41.7 Å². The molecule has 20 heavy (non-hydrogen) atoms. The fourth-order valence-corrected chi connectivity index (χ4v) is 2.62. The molecule has 1 aliphatic rings. The molecule has 2 N–H and O–H groups in total. The molecule has 2 unspecified atom stereocenters. The second-order valence-corrected chi connectivity index (χ2v) is 5.35. The van der Waals surface area contributed by atoms with Crippen LogP contribution in [0, 0.1) is 5.92 Å². The average molecular weight is 278 g/mol. The molecule has 0 saturated heterocycles. The maximum atomic E-state index is 11.3. The Morgan fingerprint density at radius 3 is 3.00 bits per heavy atom. The first-order valence-corrected chi connectivity index (χ1v) is 7.11. The second-order valence-electron chi connectivity index (χ2n) is 5.35. The summed E-state index contributed by atoms with van der Waals surface area (Å²) in [6.45, 7) is 1.57. The van der Waals surface area contributed by atoms with Gasteiger partial charge in [0.15, 0.2) is 0 Å². The van der Waals surface area contributed by atoms with Gasteiger partial charge in [0.25, 0.3) is 0 Å². The maximum absolute atomic E-state index is 11.3. The Hall–Kier alpha value is -1.46. The summed E-state index contributed by atoms with van der Waals surface area (Å²) < 4.78 is 4.63. The number of aliphatic hydroxyl groups excluding tert-OH is 1. The summed E-state index contributed by atoms with van der Waals surface area (Å²) in [5.74, 6) is 0.182. The third-order valence-corrected chi connectivity index (χ3v) is 3.74. The van der Waals surface area contributed by atoms with Crippen molar-refractivity contribution in [2.75, 3.05) is 13.7 Å². The predicted molar refractivity (Wildman–Crippen MR) is 75.2 cm³/mol. The first kappa shape index (κ1) is 14.9. The van der Waals surface area contributed by atoms with Gasteiger partial charge in [-0.3, -0.25) is 4.98 Å². The Labute approximate surface area is 119 Å². The highest BCUT2D eigenvalue weighted by atomic mass is 16.5. The Morgan fingerprint density at radius 1 is 1.50 bits per heavy atom. The van der Waals surface area contributed by atoms with Crippen LogP contribution in [0.15, 0.2) is 18.3 Å². The normalized spacial score (nSPS) is 22.5. The van der Waals surface area contributed by atoms with Crippen LogP contribution in [0.25, 0.3) is 0 Å². The number of carbonyl (C=O) groups is 1. The quantitative estimate of drug-likeness (QED) is 0.799. The van der Waals surface area contributed by atoms with Crippen molar-refractivity contribution >= 4 is 5.97 Å². The van der Waals surface area contributed by atoms with Crippen LogP contribution in [-0.2, 0) is 11.3 Å². The molecule has 0 aromatic carbocycles. The summed E-state index contributed by atoms with van der Waals surface area (Å²) in [5, 5.41) is 13.0. The van der Waals surface area contributed by atoms with Gasteiger partial charge in [-0.25, -0.2) is 4.79 Å². The Kier molecular flexibility index (Phi) is 5.49. The fraction of sp³-hybridized carbons (Fsp3) is 0.600. The van der Waals surface area contributed by atoms with E-state index >= 15 is 0 Å². The molecule has 0 bridgehead atoms. The zero-order valence-electron chi connectivity index (χ0n) is 11.8. The number of carbonyl (C=O) groups excluding carboxylic acids is 1. The van der Waals surface area contributed by atoms with Crippen LogP contribution in [0.5, 0.6) is 0 Å². The lowest BCUT2D eigenvalue weighted by molar-refractivity contribution is 0.0600. The number of hydrogen-bond donors (Lipinski definition) is 2. The minimum Gasteiger partial charge on any atom is -0.465 e. The molecular weight excluding hydrogens is 256 g/mol. The molecule has 1 aromatic heterocycles. The van der Waals surface area contributed by atoms with E-state index in [-0.39, 0.29) is 12.1 Å². The third kappa shape index (κ3) is 4.28. The summed E-state index contributed by atoms with van der Waals surface area (Å²) in [5.41, 5.74) is 1.36. The van der Waals surface area contributed by atoms with Gasteiger partial charge in [0.05, 0.1) is 24.5 Å². The van der Waals surface area contributed by atoms with Gasteiger partial charge in [0, 0.05) is 12.7 Å². The van der Waals surface area contributed by atoms with Gasteiger partial charge >= 0.3 is 5.97 Å². The van der Waals surface area contributed by atoms with Gasteiger partial charge in [-0.2, -0.15) is 0 Å². The molecule has 1 heterocycles. The largest absolute Gasteiger partial charge is 0.465 e. The SMILES string of the molecule is COC(=O)c1ccc(CNCC2CCCC(O)C2)nc1. The smallest absolute Gasteiger partial charge is 0.339 e. The number of aliphatic hydroxyl groups is 1. The molecule has 0 aliphatic heterocycles. The first-order valence-electron chi connectivity index (χ1n) is 7.11. The van der Waals surface area contributed by atoms with E-state index in [2.05, 4.69) is 15.0 Å². The van der Waals surface area contributed by atoms with Crippen LogP contribution in [0.2, 0.25) is 0 Å². The number of methoxy groups -OCH3 is 1. The van der Waals surface area contributed by atoms with Gasteiger partial charge in [-0.15, -0.1) is 0 Å². The minimum atomic E-state index is -0.367. The molecule has 1 aromatic rings. The highest BCUT2D eigenvalue weighted by Crippen LogP contribution is 2.23. The van der Waals surface area contributed by atoms with E-state index in [0.717, 1.165) is 31.5 Å². The number of pyridine rings is 1. The first-order chi connectivity index (χ1) is 9.69. The highest BCUT2D eigenvalue weighted by Gasteiger charge is 2.19. The monoisotopic (exact) mass is 278 g/mol. The van der Waals surface area contributed by atoms with Crippen molar-refractivity contribution in [1.29, 1.82) is 0 Å². The molecule has 2 rings (SSSR count). The molecule has 0 amide bonds. The Morgan fingerprint density at radius 2 is 2.35 bits per heavy atom. The number of rotatable bonds is 5. The van der Waals surface area contributed by atoms with Crippen LogP contribution >= 0.6 is 0 Å². The predicted octanol–water partition coefficient (Wildman–Crippen LogP) is 1.51. The van der Waals surface area contributed by atoms with E-state index < -0.39 is 0 Å². The van der Waals surface area contributed by atoms with Gasteiger partial charge < -0.3 is 15.2 Å². The van der Waals surface area contributed by atoms with Gasteiger partial charge in [0.1, 0.15) is 0 Å². The number of aromatic nitrogens is 1. The van der Waals surface area contributed by atoms with Crippen LogP contribution < -0.4 is 5.32 Å². The molecule has 0 radical (unpaired) electrons. The topological polar surface area (TPSA) is 71.5 Å². The van der Waals surface area contributed by atoms with Gasteiger partial charge in [-0.1, -0.05) is 6.42 Å². The van der Waals surface area contributed by atoms with E-state index in [1.807, 2.05) is 6.07 Å². The van der Waals surface area contributed by atoms with Crippen LogP contribution in [0.3, 0.4) is 0 Å². The molecular formula is C15H22N2O3. The summed E-state index contributed by atoms with van der Waals surface area (Å²) >= 11 is 0. The standard InChI is InChI=1S/C15H22N2O3/c1-20-15(19)12-5-6-13(17-9-12)10-16-8-11-3-2-4-14(18)7-11/h5-6,9,11,14,16,18H,2-4,7-8,10H2,1H3. The van der Waals surface area contributed by atoms with Crippen molar-refractivity contribution in [3.8, 4) is 0 Å². The van der Waals surface area contributed by atoms with E-state index in [0.29, 0.717) is 18.0 Å². The number of esters is 1. The van der Waals surface area contributed by atoms with E-state index in [9.17, 15) is 9.90 Å². The maximum Gasteiger partial charge on any atom is 0.339 e. The summed E-state index contributed by atoms with van der Waals surface area (Å²) in [4.78, 5) is 15.5. The van der Waals surface area contributed by atoms with Crippen molar-refractivity contribution in [3.63, 3.8) is 0 Å². The fourth-order valence-electron chi connectivity index (χ4n) is 2.62. The zero-order chi connectivity index (χ0) is 14.4. The van der Waals surface area contributed by atoms with E-state index in [1.54, 1.807) is 6.07 Å². The minimum absolute atomic E-state index is 0.131. The zero-order valence-corrected chi connectivity index (χ0v) is 11.8. The molecule has 0 spiro atoms. The summed E-state index contributed by atoms with van der Waals surface area (Å²) in [6, 6.07) is 3.55. The lowest BCUT2D eigenvalue weighted by Crippen LogP contribution is -2.29. The number of nitrogens with zero attached hydrogens (tertiary/aromatic N) is 1. The van der Waals surface area contributed by atoms with Crippen molar-refractivity contribution in [2.45, 2.75) is 38.3 Å². The van der Waals surface area contributed by atoms with E-state index in [4.69, 9.17) is 0 Å². The molecule has 1 aliphatic carbocycles. The summed E-state index contributed by atoms with van der Waals surface area (Å²) in [6.07, 6.45) is 5.52. The average Bonchev–Trinajstić information content (AvgIpc) is 2.47. The third-order valence-electron chi connectivity index (χ3n) is 3.74. The Balaban J connectivity index is 1.75. The number of hydrogen-bond acceptors (Lipinski definition) is 5. The molecule has 1 fully saturated rings. The lowest BCUT2D eigenvalue weighted by Gasteiger charge is -2.25. The number of ether oxygens (including phenoxy) is 1. The number of nitrogens with one attached hydrogen (secondary N) is 1. The van der Waals surface area contributed by atoms with Gasteiger partial charge in [-0.05, 0) is 43.9 Å². The second kappa shape index (κ2) is 7.36. The molecule has 1 saturated carbocycles. The van der Waals surface area contributed by atoms with Crippen molar-refractivity contribution in [3.05, 3.63) is 29.6 Å². The van der Waals surface area contributed by atoms with E-state index in [1.165, 1.54) is 19.7 Å². The summed E-state index contributed by atoms with van der Waals surface area (Å²) in [7, 11) is 1.36. The molecule has 5 heteroatoms. The van der Waals surface area contributed by atoms with Crippen molar-refractivity contribution in [1.82, 2.24) is 10.3 Å². The van der Waals surface area contributed by atoms with Crippen LogP contribution in [0.4, 0.5) is 0 Å². The lowest BCUT2D eigenvalue weighted by atomic mass is 9.87. The van der Waals surface area contributed by atoms with Crippen molar-refractivity contribution in [2.24, 2.45) is 5.92 Å². The van der Waals surface area contributed by atoms with Crippen LogP contribution in [-0.4, -0.2) is 35.8 Å². The highest BCUT2D eigenvalue weighted by molar-refractivity contribution is 5.88. The van der Waals surface area contributed by atoms with Gasteiger partial charge in [0.2, 0.25) is 0 Å². The molecule has 5 nitrogen and oxygen atoms in total. The molecule has 110 valence electrons. The van der Waals surface area contributed by atoms with Crippen molar-refractivity contribution < 1.29 is 14.6 Å².